The number of rotatable bonds is 2. The zero-order chi connectivity index (χ0) is 9.14. The van der Waals surface area contributed by atoms with Crippen LogP contribution in [0.4, 0.5) is 0 Å². The lowest BCUT2D eigenvalue weighted by Gasteiger charge is -2.03. The SMILES string of the molecule is COc1cc(C)nc(C(N)=S)c1. The Bertz CT molecular complexity index is 312. The maximum Gasteiger partial charge on any atom is 0.122 e. The number of nitrogens with two attached hydrogens (primary N) is 1. The molecule has 0 aromatic carbocycles. The number of ether oxygens (including phenoxy) is 1. The van der Waals surface area contributed by atoms with Crippen LogP contribution >= 0.6 is 12.2 Å². The van der Waals surface area contributed by atoms with Crippen molar-refractivity contribution in [2.75, 3.05) is 7.11 Å². The van der Waals surface area contributed by atoms with Gasteiger partial charge in [0.25, 0.3) is 0 Å². The van der Waals surface area contributed by atoms with E-state index >= 15 is 0 Å². The summed E-state index contributed by atoms with van der Waals surface area (Å²) in [4.78, 5) is 4.42. The molecule has 0 spiro atoms. The van der Waals surface area contributed by atoms with Crippen molar-refractivity contribution in [2.24, 2.45) is 5.73 Å². The van der Waals surface area contributed by atoms with Crippen LogP contribution in [0, 0.1) is 6.92 Å². The van der Waals surface area contributed by atoms with E-state index in [1.807, 2.05) is 13.0 Å². The summed E-state index contributed by atoms with van der Waals surface area (Å²) in [5, 5.41) is 0. The third-order valence-electron chi connectivity index (χ3n) is 1.42. The first kappa shape index (κ1) is 8.93. The summed E-state index contributed by atoms with van der Waals surface area (Å²) in [5.41, 5.74) is 6.86. The predicted octanol–water partition coefficient (Wildman–Crippen LogP) is 1.03. The van der Waals surface area contributed by atoms with Crippen LogP contribution in [0.2, 0.25) is 0 Å². The fourth-order valence-electron chi connectivity index (χ4n) is 0.881. The van der Waals surface area contributed by atoms with E-state index in [9.17, 15) is 0 Å². The summed E-state index contributed by atoms with van der Waals surface area (Å²) < 4.78 is 5.03. The second kappa shape index (κ2) is 3.49. The topological polar surface area (TPSA) is 48.1 Å². The molecular weight excluding hydrogens is 172 g/mol. The van der Waals surface area contributed by atoms with Gasteiger partial charge in [-0.15, -0.1) is 0 Å². The molecule has 0 saturated carbocycles. The molecule has 0 aliphatic rings. The van der Waals surface area contributed by atoms with Crippen molar-refractivity contribution < 1.29 is 4.74 Å². The van der Waals surface area contributed by atoms with Gasteiger partial charge in [-0.3, -0.25) is 4.98 Å². The molecule has 1 rings (SSSR count). The standard InChI is InChI=1S/C8H10N2OS/c1-5-3-6(11-2)4-7(10-5)8(9)12/h3-4H,1-2H3,(H2,9,12). The highest BCUT2D eigenvalue weighted by molar-refractivity contribution is 7.80. The van der Waals surface area contributed by atoms with E-state index in [1.54, 1.807) is 13.2 Å². The fourth-order valence-corrected chi connectivity index (χ4v) is 0.985. The second-order valence-electron chi connectivity index (χ2n) is 2.40. The molecule has 0 fully saturated rings. The van der Waals surface area contributed by atoms with Crippen LogP contribution in [0.5, 0.6) is 5.75 Å². The highest BCUT2D eigenvalue weighted by Gasteiger charge is 2.01. The average molecular weight is 182 g/mol. The summed E-state index contributed by atoms with van der Waals surface area (Å²) in [6, 6.07) is 3.54. The Labute approximate surface area is 76.6 Å². The molecule has 12 heavy (non-hydrogen) atoms. The fraction of sp³-hybridized carbons (Fsp3) is 0.250. The van der Waals surface area contributed by atoms with Gasteiger partial charge in [0.05, 0.1) is 7.11 Å². The van der Waals surface area contributed by atoms with E-state index in [1.165, 1.54) is 0 Å². The molecule has 0 bridgehead atoms. The van der Waals surface area contributed by atoms with E-state index in [0.717, 1.165) is 11.4 Å². The summed E-state index contributed by atoms with van der Waals surface area (Å²) >= 11 is 4.79. The molecule has 4 heteroatoms. The van der Waals surface area contributed by atoms with E-state index in [0.29, 0.717) is 5.69 Å². The number of nitrogens with zero attached hydrogens (tertiary/aromatic N) is 1. The number of hydrogen-bond acceptors (Lipinski definition) is 3. The molecule has 1 aromatic heterocycles. The highest BCUT2D eigenvalue weighted by atomic mass is 32.1. The number of thiocarbonyl (C=S) groups is 1. The molecule has 0 radical (unpaired) electrons. The molecule has 64 valence electrons. The van der Waals surface area contributed by atoms with E-state index in [-0.39, 0.29) is 4.99 Å². The molecule has 1 aromatic rings. The first-order chi connectivity index (χ1) is 5.63. The van der Waals surface area contributed by atoms with Crippen LogP contribution in [-0.4, -0.2) is 17.1 Å². The predicted molar refractivity (Wildman–Crippen MR) is 51.4 cm³/mol. The summed E-state index contributed by atoms with van der Waals surface area (Å²) in [7, 11) is 1.60. The van der Waals surface area contributed by atoms with Crippen molar-refractivity contribution in [3.8, 4) is 5.75 Å². The molecule has 0 amide bonds. The number of aromatic nitrogens is 1. The smallest absolute Gasteiger partial charge is 0.122 e. The zero-order valence-electron chi connectivity index (χ0n) is 7.00. The summed E-state index contributed by atoms with van der Waals surface area (Å²) in [6.07, 6.45) is 0. The molecule has 0 atom stereocenters. The minimum absolute atomic E-state index is 0.289. The minimum atomic E-state index is 0.289. The monoisotopic (exact) mass is 182 g/mol. The highest BCUT2D eigenvalue weighted by Crippen LogP contribution is 2.12. The Balaban J connectivity index is 3.15. The van der Waals surface area contributed by atoms with Gasteiger partial charge in [-0.2, -0.15) is 0 Å². The third kappa shape index (κ3) is 1.92. The van der Waals surface area contributed by atoms with Crippen molar-refractivity contribution in [1.29, 1.82) is 0 Å². The number of methoxy groups -OCH3 is 1. The minimum Gasteiger partial charge on any atom is -0.497 e. The molecule has 3 nitrogen and oxygen atoms in total. The Morgan fingerprint density at radius 3 is 2.75 bits per heavy atom. The van der Waals surface area contributed by atoms with Crippen LogP contribution in [0.1, 0.15) is 11.4 Å². The molecule has 0 aliphatic carbocycles. The lowest BCUT2D eigenvalue weighted by atomic mass is 10.3. The van der Waals surface area contributed by atoms with Gasteiger partial charge in [0.2, 0.25) is 0 Å². The van der Waals surface area contributed by atoms with Crippen molar-refractivity contribution in [3.63, 3.8) is 0 Å². The maximum absolute atomic E-state index is 5.42. The van der Waals surface area contributed by atoms with Crippen LogP contribution in [0.25, 0.3) is 0 Å². The molecule has 2 N–H and O–H groups in total. The van der Waals surface area contributed by atoms with Gasteiger partial charge in [-0.1, -0.05) is 12.2 Å². The van der Waals surface area contributed by atoms with Crippen molar-refractivity contribution in [2.45, 2.75) is 6.92 Å². The van der Waals surface area contributed by atoms with Gasteiger partial charge < -0.3 is 10.5 Å². The van der Waals surface area contributed by atoms with Crippen LogP contribution < -0.4 is 10.5 Å². The van der Waals surface area contributed by atoms with Gasteiger partial charge in [0.15, 0.2) is 0 Å². The van der Waals surface area contributed by atoms with Crippen molar-refractivity contribution >= 4 is 17.2 Å². The molecule has 0 saturated heterocycles. The maximum atomic E-state index is 5.42. The summed E-state index contributed by atoms with van der Waals surface area (Å²) in [6.45, 7) is 1.87. The van der Waals surface area contributed by atoms with E-state index in [4.69, 9.17) is 22.7 Å². The third-order valence-corrected chi connectivity index (χ3v) is 1.62. The Kier molecular flexibility index (Phi) is 2.60. The van der Waals surface area contributed by atoms with Gasteiger partial charge in [0, 0.05) is 17.8 Å². The van der Waals surface area contributed by atoms with Crippen molar-refractivity contribution in [1.82, 2.24) is 4.98 Å². The van der Waals surface area contributed by atoms with Crippen molar-refractivity contribution in [3.05, 3.63) is 23.5 Å². The number of hydrogen-bond donors (Lipinski definition) is 1. The Morgan fingerprint density at radius 2 is 2.25 bits per heavy atom. The van der Waals surface area contributed by atoms with Gasteiger partial charge in [0.1, 0.15) is 16.4 Å². The van der Waals surface area contributed by atoms with E-state index < -0.39 is 0 Å². The van der Waals surface area contributed by atoms with Gasteiger partial charge in [-0.25, -0.2) is 0 Å². The van der Waals surface area contributed by atoms with Gasteiger partial charge in [-0.05, 0) is 6.92 Å². The second-order valence-corrected chi connectivity index (χ2v) is 2.84. The quantitative estimate of drug-likeness (QED) is 0.694. The van der Waals surface area contributed by atoms with Crippen LogP contribution in [-0.2, 0) is 0 Å². The Hall–Kier alpha value is -1.16. The first-order valence-electron chi connectivity index (χ1n) is 3.46. The molecular formula is C8H10N2OS. The van der Waals surface area contributed by atoms with E-state index in [2.05, 4.69) is 4.98 Å². The lowest BCUT2D eigenvalue weighted by molar-refractivity contribution is 0.413. The van der Waals surface area contributed by atoms with Gasteiger partial charge >= 0.3 is 0 Å². The lowest BCUT2D eigenvalue weighted by Crippen LogP contribution is -2.12. The number of aryl methyl sites for hydroxylation is 1. The Morgan fingerprint density at radius 1 is 1.58 bits per heavy atom. The molecule has 0 unspecified atom stereocenters. The summed E-state index contributed by atoms with van der Waals surface area (Å²) in [5.74, 6) is 0.727. The first-order valence-corrected chi connectivity index (χ1v) is 3.87. The molecule has 0 aliphatic heterocycles. The average Bonchev–Trinajstić information content (AvgIpc) is 2.03. The van der Waals surface area contributed by atoms with Crippen LogP contribution in [0.15, 0.2) is 12.1 Å². The zero-order valence-corrected chi connectivity index (χ0v) is 7.81. The normalized spacial score (nSPS) is 9.50. The number of pyridine rings is 1. The molecule has 1 heterocycles. The van der Waals surface area contributed by atoms with Crippen LogP contribution in [0.3, 0.4) is 0 Å². The largest absolute Gasteiger partial charge is 0.497 e.